The van der Waals surface area contributed by atoms with E-state index in [0.717, 1.165) is 53.1 Å². The highest BCUT2D eigenvalue weighted by Crippen LogP contribution is 2.36. The van der Waals surface area contributed by atoms with Gasteiger partial charge >= 0.3 is 12.4 Å². The molecule has 3 aromatic rings. The van der Waals surface area contributed by atoms with Crippen LogP contribution in [0, 0.1) is 12.8 Å². The molecule has 0 atom stereocenters. The smallest absolute Gasteiger partial charge is 0.356 e. The Morgan fingerprint density at radius 2 is 1.61 bits per heavy atom. The van der Waals surface area contributed by atoms with E-state index in [1.54, 1.807) is 0 Å². The summed E-state index contributed by atoms with van der Waals surface area (Å²) in [5, 5.41) is 3.99. The van der Waals surface area contributed by atoms with Gasteiger partial charge in [0.25, 0.3) is 0 Å². The molecular weight excluding hydrogens is 480 g/mol. The lowest BCUT2D eigenvalue weighted by Crippen LogP contribution is -2.34. The van der Waals surface area contributed by atoms with Crippen molar-refractivity contribution in [3.05, 3.63) is 70.3 Å². The molecule has 36 heavy (non-hydrogen) atoms. The lowest BCUT2D eigenvalue weighted by molar-refractivity contribution is -0.143. The van der Waals surface area contributed by atoms with E-state index >= 15 is 0 Å². The molecule has 4 rings (SSSR count). The fourth-order valence-electron chi connectivity index (χ4n) is 4.60. The minimum Gasteiger partial charge on any atom is -0.356 e. The summed E-state index contributed by atoms with van der Waals surface area (Å²) in [6.45, 7) is 5.77. The number of nitrogens with zero attached hydrogens (tertiary/aromatic N) is 2. The summed E-state index contributed by atoms with van der Waals surface area (Å²) in [7, 11) is 0. The maximum absolute atomic E-state index is 13.2. The molecule has 1 aliphatic carbocycles. The number of alkyl halides is 6. The number of halogens is 6. The molecule has 1 saturated carbocycles. The van der Waals surface area contributed by atoms with Crippen LogP contribution in [-0.4, -0.2) is 18.1 Å². The van der Waals surface area contributed by atoms with Crippen molar-refractivity contribution in [2.24, 2.45) is 5.92 Å². The van der Waals surface area contributed by atoms with Gasteiger partial charge in [0, 0.05) is 37.1 Å². The molecule has 0 unspecified atom stereocenters. The number of pyridine rings is 1. The van der Waals surface area contributed by atoms with E-state index in [9.17, 15) is 26.3 Å². The van der Waals surface area contributed by atoms with Gasteiger partial charge in [-0.05, 0) is 68.0 Å². The number of benzene rings is 2. The van der Waals surface area contributed by atoms with E-state index in [0.29, 0.717) is 5.92 Å². The summed E-state index contributed by atoms with van der Waals surface area (Å²) < 4.78 is 79.3. The molecule has 2 aromatic carbocycles. The summed E-state index contributed by atoms with van der Waals surface area (Å²) in [6, 6.07) is 9.56. The van der Waals surface area contributed by atoms with Crippen LogP contribution in [0.1, 0.15) is 54.0 Å². The third-order valence-electron chi connectivity index (χ3n) is 6.78. The number of fused-ring (bicyclic) bond motifs is 1. The number of anilines is 1. The van der Waals surface area contributed by atoms with Crippen LogP contribution in [0.2, 0.25) is 0 Å². The second-order valence-electron chi connectivity index (χ2n) is 9.47. The Bertz CT molecular complexity index is 1180. The average Bonchev–Trinajstić information content (AvgIpc) is 2.77. The number of aryl methyl sites for hydroxylation is 1. The van der Waals surface area contributed by atoms with Gasteiger partial charge in [0.1, 0.15) is 5.82 Å². The quantitative estimate of drug-likeness (QED) is 0.319. The van der Waals surface area contributed by atoms with Crippen molar-refractivity contribution in [3.63, 3.8) is 0 Å². The lowest BCUT2D eigenvalue weighted by Gasteiger charge is -2.33. The first-order valence-corrected chi connectivity index (χ1v) is 12.1. The zero-order chi connectivity index (χ0) is 26.1. The van der Waals surface area contributed by atoms with Crippen LogP contribution in [0.4, 0.5) is 32.2 Å². The van der Waals surface area contributed by atoms with E-state index in [1.807, 2.05) is 31.2 Å². The topological polar surface area (TPSA) is 28.2 Å². The van der Waals surface area contributed by atoms with E-state index in [1.165, 1.54) is 19.3 Å². The van der Waals surface area contributed by atoms with Crippen LogP contribution in [0.3, 0.4) is 0 Å². The van der Waals surface area contributed by atoms with Crippen LogP contribution in [0.15, 0.2) is 42.5 Å². The Labute approximate surface area is 206 Å². The first-order valence-electron chi connectivity index (χ1n) is 12.1. The maximum Gasteiger partial charge on any atom is 0.416 e. The number of para-hydroxylation sites is 1. The molecule has 0 aliphatic heterocycles. The highest BCUT2D eigenvalue weighted by Gasteiger charge is 2.36. The van der Waals surface area contributed by atoms with Crippen molar-refractivity contribution in [2.75, 3.05) is 18.0 Å². The summed E-state index contributed by atoms with van der Waals surface area (Å²) in [4.78, 5) is 7.19. The largest absolute Gasteiger partial charge is 0.416 e. The highest BCUT2D eigenvalue weighted by molar-refractivity contribution is 5.84. The number of hydrogen-bond acceptors (Lipinski definition) is 3. The Kier molecular flexibility index (Phi) is 7.50. The fourth-order valence-corrected chi connectivity index (χ4v) is 4.60. The maximum atomic E-state index is 13.2. The summed E-state index contributed by atoms with van der Waals surface area (Å²) in [6.07, 6.45) is -6.17. The molecule has 0 amide bonds. The Hall–Kier alpha value is -2.81. The monoisotopic (exact) mass is 509 g/mol. The Morgan fingerprint density at radius 3 is 2.17 bits per heavy atom. The highest BCUT2D eigenvalue weighted by atomic mass is 19.4. The molecule has 0 saturated heterocycles. The van der Waals surface area contributed by atoms with Crippen LogP contribution in [0.25, 0.3) is 10.9 Å². The van der Waals surface area contributed by atoms with Crippen LogP contribution < -0.4 is 10.2 Å². The van der Waals surface area contributed by atoms with Crippen molar-refractivity contribution in [1.29, 1.82) is 0 Å². The number of rotatable bonds is 8. The van der Waals surface area contributed by atoms with Crippen molar-refractivity contribution < 1.29 is 26.3 Å². The summed E-state index contributed by atoms with van der Waals surface area (Å²) >= 11 is 0. The molecule has 9 heteroatoms. The zero-order valence-electron chi connectivity index (χ0n) is 20.2. The number of nitrogens with one attached hydrogen (secondary N) is 1. The molecule has 1 N–H and O–H groups in total. The third-order valence-corrected chi connectivity index (χ3v) is 6.78. The number of aromatic nitrogens is 1. The van der Waals surface area contributed by atoms with E-state index < -0.39 is 23.5 Å². The zero-order valence-corrected chi connectivity index (χ0v) is 20.2. The van der Waals surface area contributed by atoms with E-state index in [-0.39, 0.29) is 24.7 Å². The first-order chi connectivity index (χ1) is 17.0. The van der Waals surface area contributed by atoms with Crippen molar-refractivity contribution in [3.8, 4) is 0 Å². The first kappa shape index (κ1) is 26.3. The predicted molar refractivity (Wildman–Crippen MR) is 129 cm³/mol. The Morgan fingerprint density at radius 1 is 0.944 bits per heavy atom. The van der Waals surface area contributed by atoms with Gasteiger partial charge in [0.15, 0.2) is 0 Å². The summed E-state index contributed by atoms with van der Waals surface area (Å²) in [5.41, 5.74) is 0.0839. The molecule has 1 aromatic heterocycles. The van der Waals surface area contributed by atoms with Crippen LogP contribution in [0.5, 0.6) is 0 Å². The van der Waals surface area contributed by atoms with Gasteiger partial charge in [0.2, 0.25) is 0 Å². The molecule has 0 radical (unpaired) electrons. The molecule has 1 fully saturated rings. The predicted octanol–water partition coefficient (Wildman–Crippen LogP) is 7.50. The minimum absolute atomic E-state index is 0.0786. The molecule has 0 bridgehead atoms. The molecule has 194 valence electrons. The molecule has 1 heterocycles. The van der Waals surface area contributed by atoms with Gasteiger partial charge in [-0.2, -0.15) is 26.3 Å². The van der Waals surface area contributed by atoms with Gasteiger partial charge < -0.3 is 10.2 Å². The fraction of sp³-hybridized carbons (Fsp3) is 0.444. The van der Waals surface area contributed by atoms with Crippen molar-refractivity contribution in [2.45, 2.75) is 58.6 Å². The number of hydrogen-bond donors (Lipinski definition) is 1. The molecule has 3 nitrogen and oxygen atoms in total. The Balaban J connectivity index is 1.62. The van der Waals surface area contributed by atoms with E-state index in [4.69, 9.17) is 4.98 Å². The second-order valence-corrected chi connectivity index (χ2v) is 9.47. The van der Waals surface area contributed by atoms with Gasteiger partial charge in [-0.3, -0.25) is 0 Å². The molecular formula is C27H29F6N3. The van der Waals surface area contributed by atoms with Crippen LogP contribution >= 0.6 is 0 Å². The molecule has 1 aliphatic rings. The lowest BCUT2D eigenvalue weighted by atomic mass is 9.85. The minimum atomic E-state index is -4.87. The van der Waals surface area contributed by atoms with Gasteiger partial charge in [-0.1, -0.05) is 24.6 Å². The molecule has 0 spiro atoms. The SMILES string of the molecule is CCN(CC1CCC1)c1nc2c(C)cccc2cc1CNCc1cc(C(F)(F)F)cc(C(F)(F)F)c1. The average molecular weight is 510 g/mol. The van der Waals surface area contributed by atoms with E-state index in [2.05, 4.69) is 17.1 Å². The van der Waals surface area contributed by atoms with Crippen molar-refractivity contribution >= 4 is 16.7 Å². The third kappa shape index (κ3) is 5.94. The standard InChI is InChI=1S/C27H29F6N3/c1-3-36(16-18-7-5-8-18)25-21(12-20-9-4-6-17(2)24(20)35-25)15-34-14-19-10-22(26(28,29)30)13-23(11-19)27(31,32)33/h4,6,9-13,18,34H,3,5,7-8,14-16H2,1-2H3. The van der Waals surface area contributed by atoms with Gasteiger partial charge in [0.05, 0.1) is 16.6 Å². The summed E-state index contributed by atoms with van der Waals surface area (Å²) in [5.74, 6) is 1.41. The van der Waals surface area contributed by atoms with Crippen LogP contribution in [-0.2, 0) is 25.4 Å². The van der Waals surface area contributed by atoms with Gasteiger partial charge in [-0.25, -0.2) is 4.98 Å². The van der Waals surface area contributed by atoms with Gasteiger partial charge in [-0.15, -0.1) is 0 Å². The second kappa shape index (κ2) is 10.3. The normalized spacial score (nSPS) is 14.8. The van der Waals surface area contributed by atoms with Crippen molar-refractivity contribution in [1.82, 2.24) is 10.3 Å².